The Morgan fingerprint density at radius 1 is 1.00 bits per heavy atom. The Kier molecular flexibility index (Phi) is 6.33. The number of H-pyrrole nitrogens is 1. The molecule has 0 aliphatic rings. The maximum Gasteiger partial charge on any atom is 0.299 e. The summed E-state index contributed by atoms with van der Waals surface area (Å²) in [6.45, 7) is 1.93. The second kappa shape index (κ2) is 9.34. The Morgan fingerprint density at radius 3 is 2.36 bits per heavy atom. The highest BCUT2D eigenvalue weighted by Gasteiger charge is 2.29. The number of nitrogens with zero attached hydrogens (tertiary/aromatic N) is 2. The van der Waals surface area contributed by atoms with Crippen molar-refractivity contribution in [3.8, 4) is 11.5 Å². The molecule has 4 rings (SSSR count). The van der Waals surface area contributed by atoms with Crippen molar-refractivity contribution in [2.45, 2.75) is 13.5 Å². The molecule has 0 bridgehead atoms. The molecule has 4 aromatic rings. The average molecular weight is 464 g/mol. The number of Topliss-reactive ketones (excluding diaryl/α,β-unsaturated/α-hetero) is 1. The third-order valence-corrected chi connectivity index (χ3v) is 5.59. The highest BCUT2D eigenvalue weighted by atomic mass is 35.5. The summed E-state index contributed by atoms with van der Waals surface area (Å²) in [5, 5.41) is 0.850. The van der Waals surface area contributed by atoms with Crippen molar-refractivity contribution < 1.29 is 19.1 Å². The summed E-state index contributed by atoms with van der Waals surface area (Å²) in [6, 6.07) is 15.8. The van der Waals surface area contributed by atoms with Crippen LogP contribution in [0, 0.1) is 6.92 Å². The zero-order valence-corrected chi connectivity index (χ0v) is 19.1. The Labute approximate surface area is 195 Å². The van der Waals surface area contributed by atoms with Crippen LogP contribution in [0.3, 0.4) is 0 Å². The van der Waals surface area contributed by atoms with E-state index in [1.807, 2.05) is 18.2 Å². The van der Waals surface area contributed by atoms with E-state index < -0.39 is 11.7 Å². The summed E-state index contributed by atoms with van der Waals surface area (Å²) in [7, 11) is 3.14. The van der Waals surface area contributed by atoms with Gasteiger partial charge < -0.3 is 19.4 Å². The van der Waals surface area contributed by atoms with Crippen LogP contribution in [0.25, 0.3) is 10.9 Å². The van der Waals surface area contributed by atoms with Gasteiger partial charge in [-0.15, -0.1) is 0 Å². The van der Waals surface area contributed by atoms with E-state index in [-0.39, 0.29) is 11.7 Å². The number of carbonyl (C=O) groups is 2. The predicted molar refractivity (Wildman–Crippen MR) is 127 cm³/mol. The number of ketones is 1. The molecule has 2 aromatic carbocycles. The SMILES string of the molecule is COc1ccc(CN(C(=O)C(=O)c2c(C)[nH]c3ccc(OC)cc23)c2ccnc(Cl)c2)cc1. The molecule has 0 fully saturated rings. The van der Waals surface area contributed by atoms with Crippen molar-refractivity contribution in [3.63, 3.8) is 0 Å². The van der Waals surface area contributed by atoms with Gasteiger partial charge in [0.25, 0.3) is 11.7 Å². The molecule has 1 N–H and O–H groups in total. The minimum Gasteiger partial charge on any atom is -0.497 e. The van der Waals surface area contributed by atoms with Crippen LogP contribution in [-0.4, -0.2) is 35.9 Å². The van der Waals surface area contributed by atoms with Crippen molar-refractivity contribution in [2.24, 2.45) is 0 Å². The van der Waals surface area contributed by atoms with E-state index in [2.05, 4.69) is 9.97 Å². The molecule has 7 nitrogen and oxygen atoms in total. The molecule has 168 valence electrons. The number of benzene rings is 2. The number of carbonyl (C=O) groups excluding carboxylic acids is 2. The van der Waals surface area contributed by atoms with Gasteiger partial charge in [-0.3, -0.25) is 9.59 Å². The molecule has 0 aliphatic carbocycles. The normalized spacial score (nSPS) is 10.8. The largest absolute Gasteiger partial charge is 0.497 e. The van der Waals surface area contributed by atoms with E-state index in [4.69, 9.17) is 21.1 Å². The number of pyridine rings is 1. The lowest BCUT2D eigenvalue weighted by Crippen LogP contribution is -2.36. The van der Waals surface area contributed by atoms with E-state index in [1.165, 1.54) is 11.1 Å². The number of aromatic amines is 1. The van der Waals surface area contributed by atoms with E-state index >= 15 is 0 Å². The van der Waals surface area contributed by atoms with E-state index in [9.17, 15) is 9.59 Å². The molecule has 0 atom stereocenters. The molecule has 0 spiro atoms. The van der Waals surface area contributed by atoms with Crippen molar-refractivity contribution in [3.05, 3.63) is 82.8 Å². The Bertz CT molecular complexity index is 1330. The van der Waals surface area contributed by atoms with Gasteiger partial charge in [0.15, 0.2) is 0 Å². The first kappa shape index (κ1) is 22.4. The summed E-state index contributed by atoms with van der Waals surface area (Å²) in [5.41, 5.74) is 2.96. The number of hydrogen-bond acceptors (Lipinski definition) is 5. The first-order valence-electron chi connectivity index (χ1n) is 10.2. The molecule has 2 heterocycles. The van der Waals surface area contributed by atoms with Crippen LogP contribution in [0.5, 0.6) is 11.5 Å². The van der Waals surface area contributed by atoms with Gasteiger partial charge in [-0.25, -0.2) is 4.98 Å². The summed E-state index contributed by atoms with van der Waals surface area (Å²) in [5.74, 6) is -0.0182. The number of rotatable bonds is 7. The second-order valence-corrected chi connectivity index (χ2v) is 7.83. The first-order chi connectivity index (χ1) is 15.9. The van der Waals surface area contributed by atoms with Crippen molar-refractivity contribution in [1.82, 2.24) is 9.97 Å². The lowest BCUT2D eigenvalue weighted by atomic mass is 10.0. The standard InChI is InChI=1S/C25H22ClN3O4/c1-15-23(20-13-19(33-3)8-9-21(20)28-15)24(30)25(31)29(17-10-11-27-22(26)12-17)14-16-4-6-18(32-2)7-5-16/h4-13,28H,14H2,1-3H3. The number of halogens is 1. The number of hydrogen-bond donors (Lipinski definition) is 1. The van der Waals surface area contributed by atoms with Crippen molar-refractivity contribution in [2.75, 3.05) is 19.1 Å². The van der Waals surface area contributed by atoms with Crippen LogP contribution in [0.15, 0.2) is 60.8 Å². The number of aryl methyl sites for hydroxylation is 1. The van der Waals surface area contributed by atoms with Gasteiger partial charge >= 0.3 is 0 Å². The monoisotopic (exact) mass is 463 g/mol. The van der Waals surface area contributed by atoms with Gasteiger partial charge in [-0.2, -0.15) is 0 Å². The van der Waals surface area contributed by atoms with E-state index in [0.717, 1.165) is 11.1 Å². The molecule has 0 saturated heterocycles. The molecular weight excluding hydrogens is 442 g/mol. The number of aromatic nitrogens is 2. The predicted octanol–water partition coefficient (Wildman–Crippen LogP) is 4.96. The Hall–Kier alpha value is -3.84. The lowest BCUT2D eigenvalue weighted by molar-refractivity contribution is -0.114. The summed E-state index contributed by atoms with van der Waals surface area (Å²) < 4.78 is 10.5. The molecule has 33 heavy (non-hydrogen) atoms. The highest BCUT2D eigenvalue weighted by Crippen LogP contribution is 2.29. The number of anilines is 1. The van der Waals surface area contributed by atoms with Crippen LogP contribution < -0.4 is 14.4 Å². The smallest absolute Gasteiger partial charge is 0.299 e. The van der Waals surface area contributed by atoms with Gasteiger partial charge in [-0.05, 0) is 55.0 Å². The fourth-order valence-corrected chi connectivity index (χ4v) is 3.88. The molecule has 1 amide bonds. The summed E-state index contributed by atoms with van der Waals surface area (Å²) in [6.07, 6.45) is 1.50. The molecular formula is C25H22ClN3O4. The van der Waals surface area contributed by atoms with Crippen LogP contribution in [0.4, 0.5) is 5.69 Å². The molecule has 0 unspecified atom stereocenters. The fraction of sp³-hybridized carbons (Fsp3) is 0.160. The minimum absolute atomic E-state index is 0.166. The van der Waals surface area contributed by atoms with Crippen LogP contribution >= 0.6 is 11.6 Å². The van der Waals surface area contributed by atoms with Crippen LogP contribution in [0.1, 0.15) is 21.6 Å². The third kappa shape index (κ3) is 4.54. The quantitative estimate of drug-likeness (QED) is 0.238. The second-order valence-electron chi connectivity index (χ2n) is 7.44. The van der Waals surface area contributed by atoms with Gasteiger partial charge in [0.05, 0.1) is 26.3 Å². The van der Waals surface area contributed by atoms with Gasteiger partial charge in [0, 0.05) is 28.5 Å². The summed E-state index contributed by atoms with van der Waals surface area (Å²) >= 11 is 6.08. The highest BCUT2D eigenvalue weighted by molar-refractivity contribution is 6.49. The number of ether oxygens (including phenoxy) is 2. The maximum absolute atomic E-state index is 13.6. The van der Waals surface area contributed by atoms with Crippen LogP contribution in [0.2, 0.25) is 5.15 Å². The number of nitrogens with one attached hydrogen (secondary N) is 1. The van der Waals surface area contributed by atoms with Gasteiger partial charge in [0.1, 0.15) is 16.7 Å². The number of amides is 1. The molecule has 2 aromatic heterocycles. The van der Waals surface area contributed by atoms with Crippen LogP contribution in [-0.2, 0) is 11.3 Å². The molecule has 0 saturated carbocycles. The zero-order chi connectivity index (χ0) is 23.5. The van der Waals surface area contributed by atoms with E-state index in [0.29, 0.717) is 33.8 Å². The maximum atomic E-state index is 13.6. The minimum atomic E-state index is -0.681. The number of fused-ring (bicyclic) bond motifs is 1. The first-order valence-corrected chi connectivity index (χ1v) is 10.6. The Morgan fingerprint density at radius 2 is 1.70 bits per heavy atom. The molecule has 0 aliphatic heterocycles. The third-order valence-electron chi connectivity index (χ3n) is 5.38. The summed E-state index contributed by atoms with van der Waals surface area (Å²) in [4.78, 5) is 35.6. The van der Waals surface area contributed by atoms with Crippen molar-refractivity contribution in [1.29, 1.82) is 0 Å². The lowest BCUT2D eigenvalue weighted by Gasteiger charge is -2.22. The number of methoxy groups -OCH3 is 2. The van der Waals surface area contributed by atoms with Crippen molar-refractivity contribution >= 4 is 39.9 Å². The molecule has 0 radical (unpaired) electrons. The fourth-order valence-electron chi connectivity index (χ4n) is 3.71. The zero-order valence-electron chi connectivity index (χ0n) is 18.4. The molecule has 8 heteroatoms. The average Bonchev–Trinajstić information content (AvgIpc) is 3.16. The topological polar surface area (TPSA) is 84.5 Å². The van der Waals surface area contributed by atoms with Gasteiger partial charge in [-0.1, -0.05) is 23.7 Å². The van der Waals surface area contributed by atoms with E-state index in [1.54, 1.807) is 57.5 Å². The Balaban J connectivity index is 1.75. The van der Waals surface area contributed by atoms with Gasteiger partial charge in [0.2, 0.25) is 0 Å².